The molecule has 0 saturated heterocycles. The Labute approximate surface area is 79.1 Å². The van der Waals surface area contributed by atoms with E-state index in [1.54, 1.807) is 0 Å². The molecule has 0 spiro atoms. The molecule has 1 N–H and O–H groups in total. The number of aliphatic hydroxyl groups is 1. The van der Waals surface area contributed by atoms with Crippen molar-refractivity contribution in [2.75, 3.05) is 7.11 Å². The molecular formula is C10H18O3. The van der Waals surface area contributed by atoms with Gasteiger partial charge in [0.2, 0.25) is 0 Å². The van der Waals surface area contributed by atoms with E-state index < -0.39 is 11.6 Å². The van der Waals surface area contributed by atoms with Gasteiger partial charge in [-0.15, -0.1) is 0 Å². The van der Waals surface area contributed by atoms with E-state index in [2.05, 4.69) is 18.6 Å². The Hall–Kier alpha value is -0.570. The molecule has 0 aromatic heterocycles. The van der Waals surface area contributed by atoms with Gasteiger partial charge in [0.25, 0.3) is 0 Å². The fourth-order valence-electron chi connectivity index (χ4n) is 1.96. The third-order valence-corrected chi connectivity index (χ3v) is 3.21. The van der Waals surface area contributed by atoms with Gasteiger partial charge in [0.05, 0.1) is 7.11 Å². The average molecular weight is 186 g/mol. The summed E-state index contributed by atoms with van der Waals surface area (Å²) in [7, 11) is 1.32. The largest absolute Gasteiger partial charge is 0.467 e. The molecule has 3 heteroatoms. The topological polar surface area (TPSA) is 46.5 Å². The van der Waals surface area contributed by atoms with E-state index in [0.29, 0.717) is 24.7 Å². The maximum absolute atomic E-state index is 11.3. The highest BCUT2D eigenvalue weighted by Gasteiger charge is 2.42. The zero-order valence-corrected chi connectivity index (χ0v) is 8.54. The molecule has 0 aromatic carbocycles. The molecule has 3 nitrogen and oxygen atoms in total. The number of rotatable bonds is 1. The molecule has 76 valence electrons. The predicted octanol–water partition coefficient (Wildman–Crippen LogP) is 1.35. The van der Waals surface area contributed by atoms with Crippen molar-refractivity contribution < 1.29 is 14.6 Å². The fourth-order valence-corrected chi connectivity index (χ4v) is 1.96. The second kappa shape index (κ2) is 3.66. The van der Waals surface area contributed by atoms with Gasteiger partial charge in [-0.25, -0.2) is 4.79 Å². The van der Waals surface area contributed by atoms with E-state index in [0.717, 1.165) is 6.42 Å². The van der Waals surface area contributed by atoms with Gasteiger partial charge in [0, 0.05) is 0 Å². The van der Waals surface area contributed by atoms with Crippen molar-refractivity contribution in [3.8, 4) is 0 Å². The van der Waals surface area contributed by atoms with E-state index in [9.17, 15) is 9.90 Å². The molecule has 1 aliphatic carbocycles. The van der Waals surface area contributed by atoms with Crippen LogP contribution in [0.4, 0.5) is 0 Å². The number of carbonyl (C=O) groups is 1. The lowest BCUT2D eigenvalue weighted by atomic mass is 9.73. The smallest absolute Gasteiger partial charge is 0.337 e. The molecule has 1 rings (SSSR count). The minimum absolute atomic E-state index is 0.387. The second-order valence-electron chi connectivity index (χ2n) is 4.22. The van der Waals surface area contributed by atoms with E-state index in [4.69, 9.17) is 0 Å². The van der Waals surface area contributed by atoms with Crippen molar-refractivity contribution in [2.24, 2.45) is 11.8 Å². The summed E-state index contributed by atoms with van der Waals surface area (Å²) in [5.74, 6) is 0.494. The summed E-state index contributed by atoms with van der Waals surface area (Å²) >= 11 is 0. The lowest BCUT2D eigenvalue weighted by molar-refractivity contribution is -0.168. The third-order valence-electron chi connectivity index (χ3n) is 3.21. The first-order chi connectivity index (χ1) is 5.99. The summed E-state index contributed by atoms with van der Waals surface area (Å²) in [4.78, 5) is 11.3. The van der Waals surface area contributed by atoms with Crippen LogP contribution < -0.4 is 0 Å². The van der Waals surface area contributed by atoms with Gasteiger partial charge in [0.1, 0.15) is 0 Å². The van der Waals surface area contributed by atoms with Gasteiger partial charge in [0.15, 0.2) is 5.60 Å². The first-order valence-electron chi connectivity index (χ1n) is 4.80. The van der Waals surface area contributed by atoms with Crippen LogP contribution in [-0.2, 0) is 9.53 Å². The van der Waals surface area contributed by atoms with Gasteiger partial charge in [-0.05, 0) is 31.1 Å². The number of hydrogen-bond donors (Lipinski definition) is 1. The Kier molecular flexibility index (Phi) is 2.96. The second-order valence-corrected chi connectivity index (χ2v) is 4.22. The molecule has 1 fully saturated rings. The van der Waals surface area contributed by atoms with Crippen molar-refractivity contribution in [3.05, 3.63) is 0 Å². The summed E-state index contributed by atoms with van der Waals surface area (Å²) in [5, 5.41) is 9.95. The monoisotopic (exact) mass is 186 g/mol. The normalized spacial score (nSPS) is 40.0. The highest BCUT2D eigenvalue weighted by Crippen LogP contribution is 2.36. The fraction of sp³-hybridized carbons (Fsp3) is 0.900. The number of esters is 1. The predicted molar refractivity (Wildman–Crippen MR) is 49.1 cm³/mol. The van der Waals surface area contributed by atoms with Crippen LogP contribution in [0.3, 0.4) is 0 Å². The van der Waals surface area contributed by atoms with E-state index in [1.165, 1.54) is 7.11 Å². The van der Waals surface area contributed by atoms with E-state index in [1.807, 2.05) is 0 Å². The van der Waals surface area contributed by atoms with Gasteiger partial charge in [-0.2, -0.15) is 0 Å². The molecule has 3 atom stereocenters. The van der Waals surface area contributed by atoms with Crippen LogP contribution in [0.5, 0.6) is 0 Å². The van der Waals surface area contributed by atoms with Crippen molar-refractivity contribution in [1.82, 2.24) is 0 Å². The molecule has 0 aromatic rings. The Morgan fingerprint density at radius 2 is 2.08 bits per heavy atom. The maximum atomic E-state index is 11.3. The summed E-state index contributed by atoms with van der Waals surface area (Å²) in [6, 6.07) is 0. The zero-order chi connectivity index (χ0) is 10.1. The van der Waals surface area contributed by atoms with Crippen LogP contribution >= 0.6 is 0 Å². The molecule has 0 amide bonds. The molecule has 0 radical (unpaired) electrons. The quantitative estimate of drug-likeness (QED) is 0.629. The lowest BCUT2D eigenvalue weighted by Gasteiger charge is -2.36. The first kappa shape index (κ1) is 10.5. The average Bonchev–Trinajstić information content (AvgIpc) is 2.11. The van der Waals surface area contributed by atoms with Gasteiger partial charge in [-0.1, -0.05) is 13.8 Å². The Morgan fingerprint density at radius 1 is 1.46 bits per heavy atom. The summed E-state index contributed by atoms with van der Waals surface area (Å²) < 4.78 is 4.59. The standard InChI is InChI=1S/C10H18O3/c1-7-4-5-10(12,6-8(7)2)9(11)13-3/h7-8,12H,4-6H2,1-3H3. The van der Waals surface area contributed by atoms with Gasteiger partial charge >= 0.3 is 5.97 Å². The zero-order valence-electron chi connectivity index (χ0n) is 8.54. The van der Waals surface area contributed by atoms with Crippen molar-refractivity contribution in [1.29, 1.82) is 0 Å². The summed E-state index contributed by atoms with van der Waals surface area (Å²) in [6.07, 6.45) is 1.96. The Morgan fingerprint density at radius 3 is 2.54 bits per heavy atom. The molecule has 1 aliphatic rings. The molecule has 0 heterocycles. The van der Waals surface area contributed by atoms with Crippen LogP contribution in [-0.4, -0.2) is 23.8 Å². The maximum Gasteiger partial charge on any atom is 0.337 e. The van der Waals surface area contributed by atoms with Crippen LogP contribution in [0, 0.1) is 11.8 Å². The highest BCUT2D eigenvalue weighted by atomic mass is 16.5. The van der Waals surface area contributed by atoms with E-state index >= 15 is 0 Å². The summed E-state index contributed by atoms with van der Waals surface area (Å²) in [5.41, 5.74) is -1.22. The van der Waals surface area contributed by atoms with Crippen LogP contribution in [0.15, 0.2) is 0 Å². The van der Waals surface area contributed by atoms with Crippen molar-refractivity contribution >= 4 is 5.97 Å². The number of ether oxygens (including phenoxy) is 1. The molecule has 0 bridgehead atoms. The molecule has 13 heavy (non-hydrogen) atoms. The Balaban J connectivity index is 2.66. The minimum Gasteiger partial charge on any atom is -0.467 e. The SMILES string of the molecule is COC(=O)C1(O)CCC(C)C(C)C1. The lowest BCUT2D eigenvalue weighted by Crippen LogP contribution is -2.45. The van der Waals surface area contributed by atoms with Crippen LogP contribution in [0.1, 0.15) is 33.1 Å². The van der Waals surface area contributed by atoms with Crippen molar-refractivity contribution in [2.45, 2.75) is 38.7 Å². The first-order valence-corrected chi connectivity index (χ1v) is 4.80. The molecule has 3 unspecified atom stereocenters. The van der Waals surface area contributed by atoms with Gasteiger partial charge < -0.3 is 9.84 Å². The highest BCUT2D eigenvalue weighted by molar-refractivity contribution is 5.79. The van der Waals surface area contributed by atoms with Crippen molar-refractivity contribution in [3.63, 3.8) is 0 Å². The number of hydrogen-bond acceptors (Lipinski definition) is 3. The van der Waals surface area contributed by atoms with Gasteiger partial charge in [-0.3, -0.25) is 0 Å². The molecular weight excluding hydrogens is 168 g/mol. The number of carbonyl (C=O) groups excluding carboxylic acids is 1. The van der Waals surface area contributed by atoms with Crippen LogP contribution in [0.2, 0.25) is 0 Å². The number of methoxy groups -OCH3 is 1. The minimum atomic E-state index is -1.22. The van der Waals surface area contributed by atoms with Crippen LogP contribution in [0.25, 0.3) is 0 Å². The Bertz CT molecular complexity index is 202. The third kappa shape index (κ3) is 2.02. The summed E-state index contributed by atoms with van der Waals surface area (Å²) in [6.45, 7) is 4.22. The van der Waals surface area contributed by atoms with E-state index in [-0.39, 0.29) is 0 Å². The molecule has 1 saturated carbocycles. The molecule has 0 aliphatic heterocycles.